The highest BCUT2D eigenvalue weighted by atomic mass is 35.5. The van der Waals surface area contributed by atoms with Crippen LogP contribution < -0.4 is 5.32 Å². The fraction of sp³-hybridized carbons (Fsp3) is 0.174. The van der Waals surface area contributed by atoms with Gasteiger partial charge in [-0.2, -0.15) is 0 Å². The molecule has 0 bridgehead atoms. The Labute approximate surface area is 197 Å². The molecule has 0 aliphatic rings. The molecule has 174 valence electrons. The molecule has 3 aromatic heterocycles. The summed E-state index contributed by atoms with van der Waals surface area (Å²) in [6.07, 6.45) is 3.99. The van der Waals surface area contributed by atoms with Crippen LogP contribution in [0.3, 0.4) is 0 Å². The van der Waals surface area contributed by atoms with Crippen LogP contribution in [0.25, 0.3) is 22.3 Å². The largest absolute Gasteiger partial charge is 0.478 e. The number of aromatic nitrogens is 4. The molecule has 0 spiro atoms. The highest BCUT2D eigenvalue weighted by Gasteiger charge is 2.21. The van der Waals surface area contributed by atoms with Crippen molar-refractivity contribution in [1.29, 1.82) is 0 Å². The fourth-order valence-corrected chi connectivity index (χ4v) is 3.43. The number of rotatable bonds is 6. The lowest BCUT2D eigenvalue weighted by Gasteiger charge is -2.15. The van der Waals surface area contributed by atoms with Crippen LogP contribution in [0, 0.1) is 11.6 Å². The number of hydrogen-bond acceptors (Lipinski definition) is 7. The zero-order chi connectivity index (χ0) is 24.6. The highest BCUT2D eigenvalue weighted by Crippen LogP contribution is 2.32. The summed E-state index contributed by atoms with van der Waals surface area (Å²) in [7, 11) is 0. The molecule has 0 aliphatic carbocycles. The van der Waals surface area contributed by atoms with Crippen LogP contribution in [0.4, 0.5) is 14.5 Å². The lowest BCUT2D eigenvalue weighted by molar-refractivity contribution is 0.0683. The van der Waals surface area contributed by atoms with Crippen LogP contribution in [-0.2, 0) is 12.1 Å². The smallest absolute Gasteiger partial charge is 0.335 e. The molecular weight excluding hydrogens is 468 g/mol. The first-order chi connectivity index (χ1) is 16.0. The SMILES string of the molecule is CC(C)(O)c1ncc(-c2nc3c(NCc4cc(C(=O)O)ccc4F)c(Cl)cnc3cc2F)cn1. The van der Waals surface area contributed by atoms with Gasteiger partial charge in [-0.25, -0.2) is 28.5 Å². The number of nitrogens with one attached hydrogen (secondary N) is 1. The van der Waals surface area contributed by atoms with Crippen LogP contribution in [0.15, 0.2) is 42.9 Å². The number of halogens is 3. The molecule has 0 unspecified atom stereocenters. The second-order valence-corrected chi connectivity index (χ2v) is 8.39. The molecule has 0 saturated heterocycles. The predicted molar refractivity (Wildman–Crippen MR) is 121 cm³/mol. The number of nitrogens with zero attached hydrogens (tertiary/aromatic N) is 4. The van der Waals surface area contributed by atoms with E-state index in [4.69, 9.17) is 16.7 Å². The Bertz CT molecular complexity index is 1410. The molecule has 0 radical (unpaired) electrons. The van der Waals surface area contributed by atoms with E-state index in [-0.39, 0.29) is 56.5 Å². The Morgan fingerprint density at radius 1 is 1.09 bits per heavy atom. The van der Waals surface area contributed by atoms with Crippen molar-refractivity contribution >= 4 is 34.3 Å². The minimum Gasteiger partial charge on any atom is -0.478 e. The van der Waals surface area contributed by atoms with Gasteiger partial charge >= 0.3 is 5.97 Å². The van der Waals surface area contributed by atoms with Gasteiger partial charge in [0.15, 0.2) is 11.6 Å². The summed E-state index contributed by atoms with van der Waals surface area (Å²) in [5, 5.41) is 22.3. The van der Waals surface area contributed by atoms with E-state index in [1.165, 1.54) is 44.6 Å². The monoisotopic (exact) mass is 485 g/mol. The Balaban J connectivity index is 1.74. The first-order valence-electron chi connectivity index (χ1n) is 10.00. The Morgan fingerprint density at radius 2 is 1.79 bits per heavy atom. The maximum Gasteiger partial charge on any atom is 0.335 e. The van der Waals surface area contributed by atoms with Gasteiger partial charge in [0.1, 0.15) is 22.6 Å². The second-order valence-electron chi connectivity index (χ2n) is 7.99. The number of carbonyl (C=O) groups is 1. The molecule has 1 aromatic carbocycles. The van der Waals surface area contributed by atoms with Gasteiger partial charge in [0.2, 0.25) is 0 Å². The maximum atomic E-state index is 14.8. The molecule has 8 nitrogen and oxygen atoms in total. The molecule has 0 amide bonds. The van der Waals surface area contributed by atoms with Crippen molar-refractivity contribution in [2.24, 2.45) is 0 Å². The van der Waals surface area contributed by atoms with Crippen LogP contribution in [0.1, 0.15) is 35.6 Å². The van der Waals surface area contributed by atoms with Gasteiger partial charge in [0.05, 0.1) is 21.8 Å². The third kappa shape index (κ3) is 4.63. The minimum atomic E-state index is -1.27. The standard InChI is InChI=1S/C23H18ClF2N5O3/c1-23(2,34)22-29-8-13(9-30-22)18-16(26)6-17-20(31-18)19(14(24)10-27-17)28-7-12-5-11(21(32)33)3-4-15(12)25/h3-6,8-10,34H,7H2,1-2H3,(H,27,28)(H,32,33). The Kier molecular flexibility index (Phi) is 6.11. The number of carboxylic acids is 1. The predicted octanol–water partition coefficient (Wildman–Crippen LogP) is 4.56. The first-order valence-corrected chi connectivity index (χ1v) is 10.4. The van der Waals surface area contributed by atoms with E-state index in [9.17, 15) is 18.7 Å². The molecule has 0 saturated carbocycles. The van der Waals surface area contributed by atoms with Gasteiger partial charge in [0.25, 0.3) is 0 Å². The molecule has 3 N–H and O–H groups in total. The molecule has 34 heavy (non-hydrogen) atoms. The van der Waals surface area contributed by atoms with Gasteiger partial charge < -0.3 is 15.5 Å². The van der Waals surface area contributed by atoms with Gasteiger partial charge in [-0.05, 0) is 32.0 Å². The maximum absolute atomic E-state index is 14.8. The van der Waals surface area contributed by atoms with E-state index < -0.39 is 23.2 Å². The number of aliphatic hydroxyl groups is 1. The van der Waals surface area contributed by atoms with E-state index >= 15 is 0 Å². The van der Waals surface area contributed by atoms with Crippen molar-refractivity contribution in [2.75, 3.05) is 5.32 Å². The number of aromatic carboxylic acids is 1. The molecule has 0 aliphatic heterocycles. The van der Waals surface area contributed by atoms with E-state index in [1.807, 2.05) is 0 Å². The summed E-state index contributed by atoms with van der Waals surface area (Å²) in [6, 6.07) is 4.62. The lowest BCUT2D eigenvalue weighted by atomic mass is 10.1. The topological polar surface area (TPSA) is 121 Å². The van der Waals surface area contributed by atoms with Crippen LogP contribution in [-0.4, -0.2) is 36.1 Å². The number of hydrogen-bond donors (Lipinski definition) is 3. The summed E-state index contributed by atoms with van der Waals surface area (Å²) in [4.78, 5) is 27.8. The fourth-order valence-electron chi connectivity index (χ4n) is 3.23. The number of pyridine rings is 2. The van der Waals surface area contributed by atoms with Crippen LogP contribution >= 0.6 is 11.6 Å². The molecule has 3 heterocycles. The lowest BCUT2D eigenvalue weighted by Crippen LogP contribution is -2.19. The number of anilines is 1. The zero-order valence-electron chi connectivity index (χ0n) is 18.0. The van der Waals surface area contributed by atoms with Crippen molar-refractivity contribution in [1.82, 2.24) is 19.9 Å². The quantitative estimate of drug-likeness (QED) is 0.363. The summed E-state index contributed by atoms with van der Waals surface area (Å²) in [5.41, 5.74) is -0.371. The first kappa shape index (κ1) is 23.4. The average molecular weight is 486 g/mol. The van der Waals surface area contributed by atoms with Crippen molar-refractivity contribution in [2.45, 2.75) is 26.0 Å². The molecular formula is C23H18ClF2N5O3. The van der Waals surface area contributed by atoms with Crippen molar-refractivity contribution < 1.29 is 23.8 Å². The van der Waals surface area contributed by atoms with E-state index in [2.05, 4.69) is 25.3 Å². The molecule has 0 fully saturated rings. The number of benzene rings is 1. The van der Waals surface area contributed by atoms with E-state index in [0.717, 1.165) is 12.1 Å². The number of carboxylic acid groups (broad SMARTS) is 1. The molecule has 4 aromatic rings. The Morgan fingerprint density at radius 3 is 2.44 bits per heavy atom. The van der Waals surface area contributed by atoms with Crippen molar-refractivity contribution in [3.63, 3.8) is 0 Å². The highest BCUT2D eigenvalue weighted by molar-refractivity contribution is 6.34. The third-order valence-corrected chi connectivity index (χ3v) is 5.26. The van der Waals surface area contributed by atoms with Crippen molar-refractivity contribution in [3.8, 4) is 11.3 Å². The van der Waals surface area contributed by atoms with Gasteiger partial charge in [-0.15, -0.1) is 0 Å². The minimum absolute atomic E-state index is 0.0685. The summed E-state index contributed by atoms with van der Waals surface area (Å²) in [6.45, 7) is 2.94. The van der Waals surface area contributed by atoms with Crippen molar-refractivity contribution in [3.05, 3.63) is 76.5 Å². The number of fused-ring (bicyclic) bond motifs is 1. The van der Waals surface area contributed by atoms with Gasteiger partial charge in [-0.1, -0.05) is 11.6 Å². The third-order valence-electron chi connectivity index (χ3n) is 4.97. The van der Waals surface area contributed by atoms with Gasteiger partial charge in [-0.3, -0.25) is 4.98 Å². The molecule has 11 heteroatoms. The van der Waals surface area contributed by atoms with Crippen LogP contribution in [0.2, 0.25) is 5.02 Å². The van der Waals surface area contributed by atoms with E-state index in [1.54, 1.807) is 0 Å². The summed E-state index contributed by atoms with van der Waals surface area (Å²) in [5.74, 6) is -2.30. The zero-order valence-corrected chi connectivity index (χ0v) is 18.7. The second kappa shape index (κ2) is 8.88. The normalized spacial score (nSPS) is 11.6. The summed E-state index contributed by atoms with van der Waals surface area (Å²) >= 11 is 6.30. The van der Waals surface area contributed by atoms with Gasteiger partial charge in [0, 0.05) is 42.3 Å². The molecule has 4 rings (SSSR count). The summed E-state index contributed by atoms with van der Waals surface area (Å²) < 4.78 is 29.1. The average Bonchev–Trinajstić information content (AvgIpc) is 2.78. The molecule has 0 atom stereocenters. The Hall–Kier alpha value is -3.76. The van der Waals surface area contributed by atoms with Crippen LogP contribution in [0.5, 0.6) is 0 Å². The van der Waals surface area contributed by atoms with E-state index in [0.29, 0.717) is 0 Å².